The zero-order chi connectivity index (χ0) is 15.6. The molecule has 1 aromatic carbocycles. The summed E-state index contributed by atoms with van der Waals surface area (Å²) in [6.07, 6.45) is 0.926. The van der Waals surface area contributed by atoms with Crippen molar-refractivity contribution in [3.63, 3.8) is 0 Å². The maximum atomic E-state index is 12.3. The van der Waals surface area contributed by atoms with Crippen LogP contribution in [-0.4, -0.2) is 40.6 Å². The van der Waals surface area contributed by atoms with E-state index in [0.29, 0.717) is 15.2 Å². The van der Waals surface area contributed by atoms with Crippen LogP contribution in [0.5, 0.6) is 5.75 Å². The molecule has 1 saturated carbocycles. The molecule has 21 heavy (non-hydrogen) atoms. The number of halogens is 2. The molecule has 2 rings (SSSR count). The normalized spacial score (nSPS) is 15.4. The fourth-order valence-electron chi connectivity index (χ4n) is 1.96. The fourth-order valence-corrected chi connectivity index (χ4v) is 2.74. The number of carbonyl (C=O) groups excluding carboxylic acids is 1. The lowest BCUT2D eigenvalue weighted by atomic mass is 10.3. The average molecular weight is 377 g/mol. The van der Waals surface area contributed by atoms with Gasteiger partial charge in [0.15, 0.2) is 6.10 Å². The van der Waals surface area contributed by atoms with Gasteiger partial charge in [0, 0.05) is 11.1 Å². The second kappa shape index (κ2) is 6.66. The van der Waals surface area contributed by atoms with Crippen molar-refractivity contribution in [3.8, 4) is 5.75 Å². The Morgan fingerprint density at radius 1 is 1.52 bits per heavy atom. The van der Waals surface area contributed by atoms with E-state index in [4.69, 9.17) is 21.4 Å². The Hall–Kier alpha value is -1.27. The monoisotopic (exact) mass is 375 g/mol. The van der Waals surface area contributed by atoms with Crippen LogP contribution in [0.1, 0.15) is 19.8 Å². The van der Waals surface area contributed by atoms with Crippen LogP contribution >= 0.6 is 27.5 Å². The van der Waals surface area contributed by atoms with Gasteiger partial charge in [0.25, 0.3) is 5.91 Å². The van der Waals surface area contributed by atoms with Crippen LogP contribution in [0.15, 0.2) is 22.7 Å². The van der Waals surface area contributed by atoms with Crippen LogP contribution < -0.4 is 4.74 Å². The minimum absolute atomic E-state index is 0.0216. The molecule has 0 aromatic heterocycles. The van der Waals surface area contributed by atoms with Crippen molar-refractivity contribution in [2.45, 2.75) is 31.9 Å². The molecule has 1 atom stereocenters. The molecule has 1 aliphatic rings. The second-order valence-electron chi connectivity index (χ2n) is 4.93. The van der Waals surface area contributed by atoms with Crippen molar-refractivity contribution in [1.29, 1.82) is 0 Å². The highest BCUT2D eigenvalue weighted by Gasteiger charge is 2.36. The molecule has 1 unspecified atom stereocenters. The summed E-state index contributed by atoms with van der Waals surface area (Å²) in [7, 11) is 0. The van der Waals surface area contributed by atoms with Crippen molar-refractivity contribution in [3.05, 3.63) is 27.7 Å². The van der Waals surface area contributed by atoms with Gasteiger partial charge in [0.05, 0.1) is 4.47 Å². The van der Waals surface area contributed by atoms with Crippen molar-refractivity contribution < 1.29 is 19.4 Å². The summed E-state index contributed by atoms with van der Waals surface area (Å²) < 4.78 is 6.26. The number of hydrogen-bond donors (Lipinski definition) is 1. The lowest BCUT2D eigenvalue weighted by molar-refractivity contribution is -0.148. The predicted octanol–water partition coefficient (Wildman–Crippen LogP) is 2.95. The zero-order valence-electron chi connectivity index (χ0n) is 11.4. The van der Waals surface area contributed by atoms with Gasteiger partial charge in [0.2, 0.25) is 0 Å². The molecule has 1 aliphatic carbocycles. The Bertz CT molecular complexity index is 562. The third-order valence-corrected chi connectivity index (χ3v) is 3.98. The molecule has 1 fully saturated rings. The van der Waals surface area contributed by atoms with Crippen LogP contribution in [-0.2, 0) is 9.59 Å². The number of amides is 1. The first-order chi connectivity index (χ1) is 9.88. The summed E-state index contributed by atoms with van der Waals surface area (Å²) in [4.78, 5) is 24.6. The van der Waals surface area contributed by atoms with Crippen molar-refractivity contribution in [2.75, 3.05) is 6.54 Å². The molecule has 0 aliphatic heterocycles. The van der Waals surface area contributed by atoms with E-state index in [1.807, 2.05) is 0 Å². The zero-order valence-corrected chi connectivity index (χ0v) is 13.7. The largest absolute Gasteiger partial charge is 0.480 e. The highest BCUT2D eigenvalue weighted by atomic mass is 79.9. The summed E-state index contributed by atoms with van der Waals surface area (Å²) in [6.45, 7) is 1.32. The van der Waals surface area contributed by atoms with Crippen LogP contribution in [0.25, 0.3) is 0 Å². The second-order valence-corrected chi connectivity index (χ2v) is 6.22. The molecule has 0 saturated heterocycles. The summed E-state index contributed by atoms with van der Waals surface area (Å²) in [5.41, 5.74) is 0. The molecule has 0 spiro atoms. The van der Waals surface area contributed by atoms with E-state index < -0.39 is 12.1 Å². The number of ether oxygens (including phenoxy) is 1. The number of rotatable bonds is 6. The Labute approximate surface area is 136 Å². The Kier molecular flexibility index (Phi) is 5.11. The topological polar surface area (TPSA) is 66.8 Å². The third-order valence-electron chi connectivity index (χ3n) is 3.12. The molecule has 7 heteroatoms. The number of aliphatic carboxylic acids is 1. The van der Waals surface area contributed by atoms with E-state index in [-0.39, 0.29) is 18.5 Å². The first-order valence-electron chi connectivity index (χ1n) is 6.52. The maximum absolute atomic E-state index is 12.3. The predicted molar refractivity (Wildman–Crippen MR) is 81.6 cm³/mol. The van der Waals surface area contributed by atoms with Crippen molar-refractivity contribution in [1.82, 2.24) is 4.90 Å². The van der Waals surface area contributed by atoms with Crippen LogP contribution in [0, 0.1) is 0 Å². The number of carbonyl (C=O) groups is 2. The minimum atomic E-state index is -1.02. The number of carboxylic acids is 1. The highest BCUT2D eigenvalue weighted by Crippen LogP contribution is 2.30. The van der Waals surface area contributed by atoms with Gasteiger partial charge in [-0.1, -0.05) is 11.6 Å². The van der Waals surface area contributed by atoms with Gasteiger partial charge in [-0.3, -0.25) is 9.59 Å². The third kappa shape index (κ3) is 4.35. The summed E-state index contributed by atoms with van der Waals surface area (Å²) >= 11 is 9.16. The van der Waals surface area contributed by atoms with Gasteiger partial charge in [-0.2, -0.15) is 0 Å². The van der Waals surface area contributed by atoms with E-state index >= 15 is 0 Å². The highest BCUT2D eigenvalue weighted by molar-refractivity contribution is 9.10. The van der Waals surface area contributed by atoms with Gasteiger partial charge in [0.1, 0.15) is 12.3 Å². The molecular formula is C14H15BrClNO4. The number of benzene rings is 1. The number of carboxylic acid groups (broad SMARTS) is 1. The number of hydrogen-bond acceptors (Lipinski definition) is 3. The first kappa shape index (κ1) is 16.1. The van der Waals surface area contributed by atoms with E-state index in [9.17, 15) is 9.59 Å². The molecular weight excluding hydrogens is 362 g/mol. The quantitative estimate of drug-likeness (QED) is 0.829. The number of nitrogens with zero attached hydrogens (tertiary/aromatic N) is 1. The summed E-state index contributed by atoms with van der Waals surface area (Å²) in [5.74, 6) is -0.844. The van der Waals surface area contributed by atoms with Crippen LogP contribution in [0.3, 0.4) is 0 Å². The van der Waals surface area contributed by atoms with Gasteiger partial charge < -0.3 is 14.7 Å². The van der Waals surface area contributed by atoms with Gasteiger partial charge in [-0.05, 0) is 53.9 Å². The van der Waals surface area contributed by atoms with Crippen LogP contribution in [0.2, 0.25) is 5.02 Å². The summed E-state index contributed by atoms with van der Waals surface area (Å²) in [5, 5.41) is 9.45. The molecule has 0 radical (unpaired) electrons. The summed E-state index contributed by atoms with van der Waals surface area (Å²) in [6, 6.07) is 5.02. The molecule has 114 valence electrons. The molecule has 0 bridgehead atoms. The van der Waals surface area contributed by atoms with E-state index in [2.05, 4.69) is 15.9 Å². The Morgan fingerprint density at radius 2 is 2.19 bits per heavy atom. The molecule has 1 aromatic rings. The first-order valence-corrected chi connectivity index (χ1v) is 7.69. The fraction of sp³-hybridized carbons (Fsp3) is 0.429. The van der Waals surface area contributed by atoms with E-state index in [1.54, 1.807) is 25.1 Å². The smallest absolute Gasteiger partial charge is 0.323 e. The van der Waals surface area contributed by atoms with Crippen LogP contribution in [0.4, 0.5) is 0 Å². The van der Waals surface area contributed by atoms with E-state index in [1.165, 1.54) is 4.90 Å². The van der Waals surface area contributed by atoms with E-state index in [0.717, 1.165) is 12.8 Å². The molecule has 0 heterocycles. The minimum Gasteiger partial charge on any atom is -0.480 e. The van der Waals surface area contributed by atoms with Crippen molar-refractivity contribution >= 4 is 39.4 Å². The lowest BCUT2D eigenvalue weighted by Gasteiger charge is -2.24. The SMILES string of the molecule is CC(Oc1ccc(Cl)cc1Br)C(=O)N(CC(=O)O)C1CC1. The standard InChI is InChI=1S/C14H15BrClNO4/c1-8(21-12-5-2-9(16)6-11(12)15)14(20)17(7-13(18)19)10-3-4-10/h2,5-6,8,10H,3-4,7H2,1H3,(H,18,19). The molecule has 1 amide bonds. The average Bonchev–Trinajstić information content (AvgIpc) is 3.22. The molecule has 5 nitrogen and oxygen atoms in total. The Morgan fingerprint density at radius 3 is 2.71 bits per heavy atom. The van der Waals surface area contributed by atoms with Gasteiger partial charge in [-0.15, -0.1) is 0 Å². The van der Waals surface area contributed by atoms with Gasteiger partial charge >= 0.3 is 5.97 Å². The Balaban J connectivity index is 2.05. The molecule has 1 N–H and O–H groups in total. The van der Waals surface area contributed by atoms with Crippen molar-refractivity contribution in [2.24, 2.45) is 0 Å². The maximum Gasteiger partial charge on any atom is 0.323 e. The van der Waals surface area contributed by atoms with Gasteiger partial charge in [-0.25, -0.2) is 0 Å². The lowest BCUT2D eigenvalue weighted by Crippen LogP contribution is -2.44.